The molecular weight excluding hydrogens is 350 g/mol. The molecule has 2 fully saturated rings. The first-order valence-corrected chi connectivity index (χ1v) is 9.08. The molecule has 0 bridgehead atoms. The van der Waals surface area contributed by atoms with Gasteiger partial charge in [-0.3, -0.25) is 4.99 Å². The SMILES string of the molecule is C/N=C(/c1ccnc(N2CCC(F)(F)C2)c1)c1cc(OC2CC2)ccc1N. The van der Waals surface area contributed by atoms with E-state index < -0.39 is 5.92 Å². The van der Waals surface area contributed by atoms with Gasteiger partial charge in [0.15, 0.2) is 0 Å². The summed E-state index contributed by atoms with van der Waals surface area (Å²) in [7, 11) is 1.69. The summed E-state index contributed by atoms with van der Waals surface area (Å²) in [6.45, 7) is -0.0240. The van der Waals surface area contributed by atoms with E-state index >= 15 is 0 Å². The number of nitrogens with zero attached hydrogens (tertiary/aromatic N) is 3. The fourth-order valence-corrected chi connectivity index (χ4v) is 3.27. The Morgan fingerprint density at radius 1 is 1.30 bits per heavy atom. The summed E-state index contributed by atoms with van der Waals surface area (Å²) in [5, 5.41) is 0. The number of aromatic nitrogens is 1. The van der Waals surface area contributed by atoms with E-state index in [0.29, 0.717) is 17.2 Å². The Bertz CT molecular complexity index is 880. The highest BCUT2D eigenvalue weighted by Crippen LogP contribution is 2.32. The molecule has 2 N–H and O–H groups in total. The summed E-state index contributed by atoms with van der Waals surface area (Å²) in [5.74, 6) is -1.38. The zero-order chi connectivity index (χ0) is 19.0. The summed E-state index contributed by atoms with van der Waals surface area (Å²) >= 11 is 0. The van der Waals surface area contributed by atoms with Gasteiger partial charge < -0.3 is 15.4 Å². The third kappa shape index (κ3) is 3.86. The van der Waals surface area contributed by atoms with Crippen LogP contribution < -0.4 is 15.4 Å². The number of pyridine rings is 1. The van der Waals surface area contributed by atoms with Crippen molar-refractivity contribution in [3.05, 3.63) is 47.7 Å². The average Bonchev–Trinajstić information content (AvgIpc) is 3.39. The van der Waals surface area contributed by atoms with Crippen LogP contribution in [-0.4, -0.2) is 42.9 Å². The molecule has 0 radical (unpaired) electrons. The second-order valence-electron chi connectivity index (χ2n) is 7.07. The zero-order valence-corrected chi connectivity index (χ0v) is 15.2. The standard InChI is InChI=1S/C20H22F2N4O/c1-24-19(16-11-15(4-5-17(16)23)27-14-2-3-14)13-6-8-25-18(10-13)26-9-7-20(21,22)12-26/h4-6,8,10-11,14H,2-3,7,9,12,23H2,1H3/b24-19-. The van der Waals surface area contributed by atoms with Crippen LogP contribution in [0.25, 0.3) is 0 Å². The summed E-state index contributed by atoms with van der Waals surface area (Å²) < 4.78 is 33.0. The Labute approximate surface area is 156 Å². The van der Waals surface area contributed by atoms with E-state index in [9.17, 15) is 8.78 Å². The van der Waals surface area contributed by atoms with Gasteiger partial charge in [-0.05, 0) is 43.2 Å². The van der Waals surface area contributed by atoms with E-state index in [1.54, 1.807) is 30.3 Å². The van der Waals surface area contributed by atoms with Gasteiger partial charge in [0.25, 0.3) is 5.92 Å². The number of rotatable bonds is 5. The van der Waals surface area contributed by atoms with E-state index in [4.69, 9.17) is 10.5 Å². The molecule has 1 saturated carbocycles. The molecule has 142 valence electrons. The minimum absolute atomic E-state index is 0.152. The molecule has 1 aliphatic carbocycles. The summed E-state index contributed by atoms with van der Waals surface area (Å²) in [5.41, 5.74) is 9.00. The maximum atomic E-state index is 13.6. The number of halogens is 2. The lowest BCUT2D eigenvalue weighted by atomic mass is 10.0. The number of hydrogen-bond acceptors (Lipinski definition) is 5. The van der Waals surface area contributed by atoms with Crippen LogP contribution in [0, 0.1) is 0 Å². The molecule has 2 aliphatic rings. The summed E-state index contributed by atoms with van der Waals surface area (Å²) in [6.07, 6.45) is 3.90. The van der Waals surface area contributed by atoms with Gasteiger partial charge in [-0.25, -0.2) is 13.8 Å². The fraction of sp³-hybridized carbons (Fsp3) is 0.400. The molecule has 1 saturated heterocycles. The van der Waals surface area contributed by atoms with Crippen molar-refractivity contribution in [2.75, 3.05) is 30.8 Å². The number of aliphatic imine (C=N–C) groups is 1. The molecule has 0 atom stereocenters. The van der Waals surface area contributed by atoms with Crippen molar-refractivity contribution in [3.8, 4) is 5.75 Å². The van der Waals surface area contributed by atoms with Crippen molar-refractivity contribution in [2.24, 2.45) is 4.99 Å². The van der Waals surface area contributed by atoms with Gasteiger partial charge in [0.2, 0.25) is 0 Å². The molecular formula is C20H22F2N4O. The molecule has 0 amide bonds. The van der Waals surface area contributed by atoms with Gasteiger partial charge in [-0.2, -0.15) is 0 Å². The quantitative estimate of drug-likeness (QED) is 0.644. The van der Waals surface area contributed by atoms with Crippen molar-refractivity contribution in [1.29, 1.82) is 0 Å². The number of hydrogen-bond donors (Lipinski definition) is 1. The number of alkyl halides is 2. The normalized spacial score (nSPS) is 19.4. The topological polar surface area (TPSA) is 63.7 Å². The largest absolute Gasteiger partial charge is 0.490 e. The van der Waals surface area contributed by atoms with Gasteiger partial charge in [0.1, 0.15) is 11.6 Å². The average molecular weight is 372 g/mol. The van der Waals surface area contributed by atoms with Gasteiger partial charge in [-0.15, -0.1) is 0 Å². The number of ether oxygens (including phenoxy) is 1. The molecule has 1 aromatic heterocycles. The third-order valence-corrected chi connectivity index (χ3v) is 4.84. The molecule has 2 heterocycles. The zero-order valence-electron chi connectivity index (χ0n) is 15.2. The van der Waals surface area contributed by atoms with Crippen LogP contribution in [0.1, 0.15) is 30.4 Å². The Morgan fingerprint density at radius 2 is 2.11 bits per heavy atom. The molecule has 1 aromatic carbocycles. The van der Waals surface area contributed by atoms with Crippen LogP contribution in [0.3, 0.4) is 0 Å². The predicted molar refractivity (Wildman–Crippen MR) is 102 cm³/mol. The summed E-state index contributed by atoms with van der Waals surface area (Å²) in [6, 6.07) is 9.15. The van der Waals surface area contributed by atoms with Crippen molar-refractivity contribution in [3.63, 3.8) is 0 Å². The van der Waals surface area contributed by atoms with Crippen molar-refractivity contribution < 1.29 is 13.5 Å². The Hall–Kier alpha value is -2.70. The van der Waals surface area contributed by atoms with Crippen molar-refractivity contribution >= 4 is 17.2 Å². The third-order valence-electron chi connectivity index (χ3n) is 4.84. The van der Waals surface area contributed by atoms with Crippen LogP contribution in [0.2, 0.25) is 0 Å². The van der Waals surface area contributed by atoms with Crippen LogP contribution >= 0.6 is 0 Å². The lowest BCUT2D eigenvalue weighted by molar-refractivity contribution is 0.0256. The van der Waals surface area contributed by atoms with Crippen LogP contribution in [0.15, 0.2) is 41.5 Å². The van der Waals surface area contributed by atoms with E-state index in [2.05, 4.69) is 9.98 Å². The number of benzene rings is 1. The van der Waals surface area contributed by atoms with E-state index in [0.717, 1.165) is 29.7 Å². The Morgan fingerprint density at radius 3 is 2.78 bits per heavy atom. The van der Waals surface area contributed by atoms with Gasteiger partial charge >= 0.3 is 0 Å². The van der Waals surface area contributed by atoms with Crippen molar-refractivity contribution in [1.82, 2.24) is 4.98 Å². The van der Waals surface area contributed by atoms with Crippen LogP contribution in [-0.2, 0) is 0 Å². The molecule has 0 spiro atoms. The molecule has 7 heteroatoms. The Kier molecular flexibility index (Phi) is 4.45. The number of nitrogens with two attached hydrogens (primary N) is 1. The second-order valence-corrected chi connectivity index (χ2v) is 7.07. The molecule has 2 aromatic rings. The predicted octanol–water partition coefficient (Wildman–Crippen LogP) is 3.52. The van der Waals surface area contributed by atoms with Crippen molar-refractivity contribution in [2.45, 2.75) is 31.3 Å². The first kappa shape index (κ1) is 17.7. The van der Waals surface area contributed by atoms with Crippen LogP contribution in [0.4, 0.5) is 20.3 Å². The van der Waals surface area contributed by atoms with Gasteiger partial charge in [-0.1, -0.05) is 0 Å². The maximum Gasteiger partial charge on any atom is 0.266 e. The molecule has 0 unspecified atom stereocenters. The molecule has 5 nitrogen and oxygen atoms in total. The van der Waals surface area contributed by atoms with Gasteiger partial charge in [0, 0.05) is 43.0 Å². The number of nitrogen functional groups attached to an aromatic ring is 1. The monoisotopic (exact) mass is 372 g/mol. The highest BCUT2D eigenvalue weighted by atomic mass is 19.3. The van der Waals surface area contributed by atoms with E-state index in [-0.39, 0.29) is 25.6 Å². The summed E-state index contributed by atoms with van der Waals surface area (Å²) in [4.78, 5) is 10.3. The van der Waals surface area contributed by atoms with Gasteiger partial charge in [0.05, 0.1) is 18.4 Å². The smallest absolute Gasteiger partial charge is 0.266 e. The first-order chi connectivity index (χ1) is 12.9. The fourth-order valence-electron chi connectivity index (χ4n) is 3.27. The van der Waals surface area contributed by atoms with E-state index in [1.165, 1.54) is 0 Å². The minimum Gasteiger partial charge on any atom is -0.490 e. The van der Waals surface area contributed by atoms with E-state index in [1.807, 2.05) is 18.2 Å². The Balaban J connectivity index is 1.64. The molecule has 27 heavy (non-hydrogen) atoms. The first-order valence-electron chi connectivity index (χ1n) is 9.08. The molecule has 1 aliphatic heterocycles. The highest BCUT2D eigenvalue weighted by molar-refractivity contribution is 6.16. The lowest BCUT2D eigenvalue weighted by Crippen LogP contribution is -2.25. The second kappa shape index (κ2) is 6.79. The maximum absolute atomic E-state index is 13.6. The minimum atomic E-state index is -2.67. The van der Waals surface area contributed by atoms with Crippen LogP contribution in [0.5, 0.6) is 5.75 Å². The highest BCUT2D eigenvalue weighted by Gasteiger charge is 2.38. The lowest BCUT2D eigenvalue weighted by Gasteiger charge is -2.18. The molecule has 4 rings (SSSR count). The number of anilines is 2.